The second-order valence-electron chi connectivity index (χ2n) is 10.4. The topological polar surface area (TPSA) is 79.7 Å². The summed E-state index contributed by atoms with van der Waals surface area (Å²) >= 11 is 0. The van der Waals surface area contributed by atoms with E-state index in [1.165, 1.54) is 0 Å². The van der Waals surface area contributed by atoms with E-state index in [9.17, 15) is 9.59 Å². The Morgan fingerprint density at radius 2 is 1.78 bits per heavy atom. The first-order valence-corrected chi connectivity index (χ1v) is 12.6. The number of carbonyl (C=O) groups is 2. The van der Waals surface area contributed by atoms with Crippen molar-refractivity contribution in [1.29, 1.82) is 0 Å². The molecule has 0 radical (unpaired) electrons. The summed E-state index contributed by atoms with van der Waals surface area (Å²) < 4.78 is 7.54. The zero-order valence-electron chi connectivity index (χ0n) is 21.7. The molecule has 1 atom stereocenters. The normalized spacial score (nSPS) is 15.6. The number of aryl methyl sites for hydroxylation is 1. The largest absolute Gasteiger partial charge is 0.444 e. The molecule has 8 nitrogen and oxygen atoms in total. The minimum Gasteiger partial charge on any atom is -0.444 e. The highest BCUT2D eigenvalue weighted by molar-refractivity contribution is 5.88. The number of amides is 2. The van der Waals surface area contributed by atoms with Crippen LogP contribution in [0.1, 0.15) is 32.0 Å². The predicted octanol–water partition coefficient (Wildman–Crippen LogP) is 3.40. The van der Waals surface area contributed by atoms with Crippen LogP contribution in [-0.2, 0) is 29.4 Å². The van der Waals surface area contributed by atoms with Gasteiger partial charge in [0.05, 0.1) is 0 Å². The first-order valence-electron chi connectivity index (χ1n) is 12.6. The molecule has 0 bridgehead atoms. The van der Waals surface area contributed by atoms with E-state index in [2.05, 4.69) is 31.9 Å². The number of para-hydroxylation sites is 1. The van der Waals surface area contributed by atoms with Crippen molar-refractivity contribution in [1.82, 2.24) is 24.7 Å². The zero-order chi connectivity index (χ0) is 25.7. The molecule has 36 heavy (non-hydrogen) atoms. The van der Waals surface area contributed by atoms with E-state index < -0.39 is 17.7 Å². The molecule has 3 heterocycles. The number of alkyl carbamates (subject to hydrolysis) is 1. The van der Waals surface area contributed by atoms with Crippen molar-refractivity contribution >= 4 is 22.9 Å². The lowest BCUT2D eigenvalue weighted by atomic mass is 10.0. The Morgan fingerprint density at radius 1 is 1.06 bits per heavy atom. The third kappa shape index (κ3) is 6.63. The maximum absolute atomic E-state index is 13.7. The van der Waals surface area contributed by atoms with Crippen LogP contribution < -0.4 is 5.32 Å². The van der Waals surface area contributed by atoms with Crippen LogP contribution >= 0.6 is 0 Å². The van der Waals surface area contributed by atoms with Gasteiger partial charge in [-0.2, -0.15) is 0 Å². The van der Waals surface area contributed by atoms with Gasteiger partial charge in [0.1, 0.15) is 11.6 Å². The van der Waals surface area contributed by atoms with Crippen molar-refractivity contribution in [2.24, 2.45) is 7.05 Å². The first-order chi connectivity index (χ1) is 17.2. The van der Waals surface area contributed by atoms with Crippen molar-refractivity contribution in [3.8, 4) is 0 Å². The van der Waals surface area contributed by atoms with Crippen LogP contribution in [-0.4, -0.2) is 75.7 Å². The van der Waals surface area contributed by atoms with Crippen LogP contribution in [0.5, 0.6) is 0 Å². The standard InChI is InChI=1S/C28H37N5O3/c1-28(2,3)36-27(35)30-24(19-21-20-31(4)25-11-6-5-10-23(21)25)26(34)33-17-15-32(16-18-33)14-12-22-9-7-8-13-29-22/h5-11,13,20,24H,12,14-19H2,1-4H3,(H,30,35)/t24-/m1/s1. The van der Waals surface area contributed by atoms with Gasteiger partial charge in [0.15, 0.2) is 0 Å². The third-order valence-corrected chi connectivity index (χ3v) is 6.49. The summed E-state index contributed by atoms with van der Waals surface area (Å²) in [5.41, 5.74) is 2.55. The van der Waals surface area contributed by atoms with Crippen molar-refractivity contribution in [2.75, 3.05) is 32.7 Å². The van der Waals surface area contributed by atoms with Gasteiger partial charge in [0.25, 0.3) is 0 Å². The fourth-order valence-electron chi connectivity index (χ4n) is 4.69. The lowest BCUT2D eigenvalue weighted by Gasteiger charge is -2.36. The Kier molecular flexibility index (Phi) is 7.94. The number of carbonyl (C=O) groups excluding carboxylic acids is 2. The summed E-state index contributed by atoms with van der Waals surface area (Å²) in [6.07, 6.45) is 4.57. The summed E-state index contributed by atoms with van der Waals surface area (Å²) in [6, 6.07) is 13.4. The van der Waals surface area contributed by atoms with E-state index in [1.807, 2.05) is 75.4 Å². The second-order valence-corrected chi connectivity index (χ2v) is 10.4. The first kappa shape index (κ1) is 25.7. The Balaban J connectivity index is 1.43. The molecule has 1 aromatic carbocycles. The Hall–Kier alpha value is -3.39. The molecule has 0 spiro atoms. The highest BCUT2D eigenvalue weighted by Crippen LogP contribution is 2.22. The predicted molar refractivity (Wildman–Crippen MR) is 141 cm³/mol. The van der Waals surface area contributed by atoms with Crippen LogP contribution in [0, 0.1) is 0 Å². The Morgan fingerprint density at radius 3 is 2.47 bits per heavy atom. The van der Waals surface area contributed by atoms with Crippen LogP contribution in [0.3, 0.4) is 0 Å². The monoisotopic (exact) mass is 491 g/mol. The highest BCUT2D eigenvalue weighted by atomic mass is 16.6. The molecule has 1 fully saturated rings. The van der Waals surface area contributed by atoms with Gasteiger partial charge in [-0.25, -0.2) is 4.79 Å². The number of piperazine rings is 1. The van der Waals surface area contributed by atoms with Gasteiger partial charge in [-0.05, 0) is 44.5 Å². The third-order valence-electron chi connectivity index (χ3n) is 6.49. The molecule has 3 aromatic rings. The zero-order valence-corrected chi connectivity index (χ0v) is 21.7. The van der Waals surface area contributed by atoms with Crippen LogP contribution in [0.15, 0.2) is 54.9 Å². The minimum atomic E-state index is -0.703. The molecule has 0 saturated carbocycles. The number of rotatable bonds is 7. The number of hydrogen-bond donors (Lipinski definition) is 1. The van der Waals surface area contributed by atoms with Gasteiger partial charge in [-0.3, -0.25) is 14.7 Å². The lowest BCUT2D eigenvalue weighted by molar-refractivity contribution is -0.135. The van der Waals surface area contributed by atoms with Gasteiger partial charge < -0.3 is 19.5 Å². The van der Waals surface area contributed by atoms with Gasteiger partial charge in [0.2, 0.25) is 5.91 Å². The fourth-order valence-corrected chi connectivity index (χ4v) is 4.69. The van der Waals surface area contributed by atoms with Gasteiger partial charge in [-0.15, -0.1) is 0 Å². The second kappa shape index (κ2) is 11.1. The number of nitrogens with one attached hydrogen (secondary N) is 1. The van der Waals surface area contributed by atoms with Crippen LogP contribution in [0.25, 0.3) is 10.9 Å². The molecule has 192 valence electrons. The molecule has 1 aliphatic rings. The summed E-state index contributed by atoms with van der Waals surface area (Å²) in [5, 5.41) is 3.95. The van der Waals surface area contributed by atoms with E-state index in [1.54, 1.807) is 0 Å². The van der Waals surface area contributed by atoms with Gasteiger partial charge in [-0.1, -0.05) is 24.3 Å². The number of nitrogens with zero attached hydrogens (tertiary/aromatic N) is 4. The molecule has 1 saturated heterocycles. The lowest BCUT2D eigenvalue weighted by Crippen LogP contribution is -2.56. The average molecular weight is 492 g/mol. The average Bonchev–Trinajstić information content (AvgIpc) is 3.17. The summed E-state index contributed by atoms with van der Waals surface area (Å²) in [5.74, 6) is -0.0711. The number of pyridine rings is 1. The summed E-state index contributed by atoms with van der Waals surface area (Å²) in [4.78, 5) is 34.9. The molecule has 1 aliphatic heterocycles. The van der Waals surface area contributed by atoms with Gasteiger partial charge >= 0.3 is 6.09 Å². The van der Waals surface area contributed by atoms with E-state index in [4.69, 9.17) is 4.74 Å². The van der Waals surface area contributed by atoms with Crippen molar-refractivity contribution in [3.05, 3.63) is 66.1 Å². The maximum atomic E-state index is 13.7. The SMILES string of the molecule is Cn1cc(C[C@@H](NC(=O)OC(C)(C)C)C(=O)N2CCN(CCc3ccccn3)CC2)c2ccccc21. The molecule has 8 heteroatoms. The molecule has 0 unspecified atom stereocenters. The van der Waals surface area contributed by atoms with Crippen molar-refractivity contribution in [2.45, 2.75) is 45.3 Å². The van der Waals surface area contributed by atoms with E-state index in [-0.39, 0.29) is 5.91 Å². The Bertz CT molecular complexity index is 1180. The number of hydrogen-bond acceptors (Lipinski definition) is 5. The molecule has 4 rings (SSSR count). The molecule has 1 N–H and O–H groups in total. The Labute approximate surface area is 213 Å². The summed E-state index contributed by atoms with van der Waals surface area (Å²) in [7, 11) is 1.99. The van der Waals surface area contributed by atoms with Crippen molar-refractivity contribution in [3.63, 3.8) is 0 Å². The van der Waals surface area contributed by atoms with E-state index >= 15 is 0 Å². The number of benzene rings is 1. The highest BCUT2D eigenvalue weighted by Gasteiger charge is 2.31. The van der Waals surface area contributed by atoms with Gasteiger partial charge in [0, 0.05) is 81.6 Å². The smallest absolute Gasteiger partial charge is 0.408 e. The molecular formula is C28H37N5O3. The van der Waals surface area contributed by atoms with Crippen molar-refractivity contribution < 1.29 is 14.3 Å². The number of ether oxygens (including phenoxy) is 1. The number of aromatic nitrogens is 2. The van der Waals surface area contributed by atoms with E-state index in [0.717, 1.165) is 48.2 Å². The number of fused-ring (bicyclic) bond motifs is 1. The maximum Gasteiger partial charge on any atom is 0.408 e. The minimum absolute atomic E-state index is 0.0711. The molecule has 2 amide bonds. The van der Waals surface area contributed by atoms with Crippen LogP contribution in [0.2, 0.25) is 0 Å². The summed E-state index contributed by atoms with van der Waals surface area (Å²) in [6.45, 7) is 9.22. The molecule has 2 aromatic heterocycles. The quantitative estimate of drug-likeness (QED) is 0.548. The molecular weight excluding hydrogens is 454 g/mol. The molecule has 0 aliphatic carbocycles. The van der Waals surface area contributed by atoms with E-state index in [0.29, 0.717) is 19.5 Å². The van der Waals surface area contributed by atoms with Crippen LogP contribution in [0.4, 0.5) is 4.79 Å². The fraction of sp³-hybridized carbons (Fsp3) is 0.464.